The monoisotopic (exact) mass is 255 g/mol. The summed E-state index contributed by atoms with van der Waals surface area (Å²) in [5, 5.41) is 19.4. The SMILES string of the molecule is O=c1oc(-c2ccccc2O)nc2cc(O)ccc12. The molecule has 0 aliphatic rings. The first-order valence-corrected chi connectivity index (χ1v) is 5.57. The Morgan fingerprint density at radius 3 is 2.63 bits per heavy atom. The van der Waals surface area contributed by atoms with Crippen LogP contribution in [0, 0.1) is 0 Å². The summed E-state index contributed by atoms with van der Waals surface area (Å²) >= 11 is 0. The number of hydrogen-bond acceptors (Lipinski definition) is 5. The van der Waals surface area contributed by atoms with Crippen LogP contribution in [0.25, 0.3) is 22.4 Å². The molecule has 2 aromatic carbocycles. The van der Waals surface area contributed by atoms with Gasteiger partial charge in [0.05, 0.1) is 16.5 Å². The first-order valence-electron chi connectivity index (χ1n) is 5.57. The van der Waals surface area contributed by atoms with E-state index in [9.17, 15) is 15.0 Å². The molecular weight excluding hydrogens is 246 g/mol. The van der Waals surface area contributed by atoms with Gasteiger partial charge in [0.15, 0.2) is 0 Å². The minimum Gasteiger partial charge on any atom is -0.508 e. The molecule has 0 spiro atoms. The zero-order chi connectivity index (χ0) is 13.4. The molecule has 0 saturated carbocycles. The molecule has 0 aliphatic carbocycles. The number of aromatic hydroxyl groups is 2. The molecule has 0 atom stereocenters. The van der Waals surface area contributed by atoms with Crippen LogP contribution in [0.2, 0.25) is 0 Å². The van der Waals surface area contributed by atoms with E-state index in [4.69, 9.17) is 4.42 Å². The van der Waals surface area contributed by atoms with Crippen molar-refractivity contribution in [2.45, 2.75) is 0 Å². The fraction of sp³-hybridized carbons (Fsp3) is 0. The third-order valence-electron chi connectivity index (χ3n) is 2.75. The summed E-state index contributed by atoms with van der Waals surface area (Å²) in [6.45, 7) is 0. The molecular formula is C14H9NO4. The Bertz CT molecular complexity index is 823. The van der Waals surface area contributed by atoms with E-state index in [0.29, 0.717) is 11.1 Å². The second-order valence-electron chi connectivity index (χ2n) is 4.03. The first-order chi connectivity index (χ1) is 9.15. The van der Waals surface area contributed by atoms with Crippen molar-refractivity contribution in [3.8, 4) is 23.0 Å². The summed E-state index contributed by atoms with van der Waals surface area (Å²) < 4.78 is 5.09. The molecule has 5 nitrogen and oxygen atoms in total. The van der Waals surface area contributed by atoms with Gasteiger partial charge in [-0.25, -0.2) is 9.78 Å². The van der Waals surface area contributed by atoms with Crippen molar-refractivity contribution in [1.82, 2.24) is 4.98 Å². The highest BCUT2D eigenvalue weighted by atomic mass is 16.4. The Kier molecular flexibility index (Phi) is 2.45. The Morgan fingerprint density at radius 2 is 1.84 bits per heavy atom. The van der Waals surface area contributed by atoms with Crippen molar-refractivity contribution in [2.75, 3.05) is 0 Å². The smallest absolute Gasteiger partial charge is 0.347 e. The van der Waals surface area contributed by atoms with Crippen LogP contribution in [0.15, 0.2) is 51.7 Å². The number of benzene rings is 2. The molecule has 0 bridgehead atoms. The molecule has 0 amide bonds. The zero-order valence-corrected chi connectivity index (χ0v) is 9.70. The van der Waals surface area contributed by atoms with Gasteiger partial charge >= 0.3 is 5.63 Å². The topological polar surface area (TPSA) is 83.6 Å². The molecule has 0 aliphatic heterocycles. The van der Waals surface area contributed by atoms with E-state index in [2.05, 4.69) is 4.98 Å². The lowest BCUT2D eigenvalue weighted by atomic mass is 10.2. The molecule has 0 saturated heterocycles. The number of fused-ring (bicyclic) bond motifs is 1. The molecule has 5 heteroatoms. The van der Waals surface area contributed by atoms with Crippen LogP contribution in [0.4, 0.5) is 0 Å². The number of aromatic nitrogens is 1. The summed E-state index contributed by atoms with van der Waals surface area (Å²) in [7, 11) is 0. The normalized spacial score (nSPS) is 10.7. The van der Waals surface area contributed by atoms with Crippen LogP contribution >= 0.6 is 0 Å². The second-order valence-corrected chi connectivity index (χ2v) is 4.03. The van der Waals surface area contributed by atoms with Gasteiger partial charge in [-0.2, -0.15) is 0 Å². The first kappa shape index (κ1) is 11.3. The van der Waals surface area contributed by atoms with E-state index in [1.807, 2.05) is 0 Å². The van der Waals surface area contributed by atoms with Crippen molar-refractivity contribution < 1.29 is 14.6 Å². The minimum absolute atomic E-state index is 0.00818. The van der Waals surface area contributed by atoms with E-state index in [-0.39, 0.29) is 22.8 Å². The summed E-state index contributed by atoms with van der Waals surface area (Å²) in [4.78, 5) is 16.0. The maximum Gasteiger partial charge on any atom is 0.347 e. The highest BCUT2D eigenvalue weighted by Crippen LogP contribution is 2.27. The van der Waals surface area contributed by atoms with E-state index in [0.717, 1.165) is 0 Å². The number of rotatable bonds is 1. The molecule has 1 aromatic heterocycles. The lowest BCUT2D eigenvalue weighted by molar-refractivity contribution is 0.467. The summed E-state index contributed by atoms with van der Waals surface area (Å²) in [6, 6.07) is 10.6. The maximum atomic E-state index is 11.8. The van der Waals surface area contributed by atoms with Crippen molar-refractivity contribution in [3.63, 3.8) is 0 Å². The van der Waals surface area contributed by atoms with Crippen LogP contribution in [0.1, 0.15) is 0 Å². The predicted molar refractivity (Wildman–Crippen MR) is 69.0 cm³/mol. The van der Waals surface area contributed by atoms with Gasteiger partial charge in [0.25, 0.3) is 0 Å². The average Bonchev–Trinajstić information content (AvgIpc) is 2.38. The Morgan fingerprint density at radius 1 is 1.05 bits per heavy atom. The largest absolute Gasteiger partial charge is 0.508 e. The third kappa shape index (κ3) is 1.91. The van der Waals surface area contributed by atoms with Gasteiger partial charge in [-0.05, 0) is 24.3 Å². The molecule has 0 unspecified atom stereocenters. The van der Waals surface area contributed by atoms with Crippen LogP contribution < -0.4 is 5.63 Å². The van der Waals surface area contributed by atoms with Gasteiger partial charge in [0, 0.05) is 6.07 Å². The lowest BCUT2D eigenvalue weighted by Crippen LogP contribution is -2.02. The third-order valence-corrected chi connectivity index (χ3v) is 2.75. The average molecular weight is 255 g/mol. The van der Waals surface area contributed by atoms with E-state index in [1.54, 1.807) is 18.2 Å². The Balaban J connectivity index is 2.32. The molecule has 94 valence electrons. The predicted octanol–water partition coefficient (Wildman–Crippen LogP) is 2.27. The Labute approximate surface area is 107 Å². The summed E-state index contributed by atoms with van der Waals surface area (Å²) in [5.74, 6) is -0.00677. The van der Waals surface area contributed by atoms with Crippen LogP contribution in [0.5, 0.6) is 11.5 Å². The quantitative estimate of drug-likeness (QED) is 0.696. The van der Waals surface area contributed by atoms with Crippen LogP contribution in [0.3, 0.4) is 0 Å². The molecule has 3 aromatic rings. The fourth-order valence-corrected chi connectivity index (χ4v) is 1.83. The number of phenolic OH excluding ortho intramolecular Hbond substituents is 2. The van der Waals surface area contributed by atoms with Gasteiger partial charge < -0.3 is 14.6 Å². The van der Waals surface area contributed by atoms with Gasteiger partial charge in [0.2, 0.25) is 5.89 Å². The molecule has 3 rings (SSSR count). The number of nitrogens with zero attached hydrogens (tertiary/aromatic N) is 1. The molecule has 19 heavy (non-hydrogen) atoms. The maximum absolute atomic E-state index is 11.8. The molecule has 1 heterocycles. The fourth-order valence-electron chi connectivity index (χ4n) is 1.83. The summed E-state index contributed by atoms with van der Waals surface area (Å²) in [6.07, 6.45) is 0. The van der Waals surface area contributed by atoms with E-state index < -0.39 is 5.63 Å². The van der Waals surface area contributed by atoms with E-state index >= 15 is 0 Å². The van der Waals surface area contributed by atoms with Gasteiger partial charge in [0.1, 0.15) is 11.5 Å². The van der Waals surface area contributed by atoms with E-state index in [1.165, 1.54) is 24.3 Å². The van der Waals surface area contributed by atoms with Gasteiger partial charge in [-0.15, -0.1) is 0 Å². The molecule has 0 radical (unpaired) electrons. The molecule has 0 fully saturated rings. The Hall–Kier alpha value is -2.82. The zero-order valence-electron chi connectivity index (χ0n) is 9.70. The number of phenols is 2. The highest BCUT2D eigenvalue weighted by Gasteiger charge is 2.11. The van der Waals surface area contributed by atoms with Gasteiger partial charge in [-0.1, -0.05) is 12.1 Å². The lowest BCUT2D eigenvalue weighted by Gasteiger charge is -2.03. The van der Waals surface area contributed by atoms with Crippen molar-refractivity contribution in [2.24, 2.45) is 0 Å². The summed E-state index contributed by atoms with van der Waals surface area (Å²) in [5.41, 5.74) is 0.0719. The second kappa shape index (κ2) is 4.13. The van der Waals surface area contributed by atoms with Crippen molar-refractivity contribution in [1.29, 1.82) is 0 Å². The van der Waals surface area contributed by atoms with Crippen LogP contribution in [-0.2, 0) is 0 Å². The van der Waals surface area contributed by atoms with Gasteiger partial charge in [-0.3, -0.25) is 0 Å². The standard InChI is InChI=1S/C14H9NO4/c16-8-5-6-9-11(7-8)15-13(19-14(9)18)10-3-1-2-4-12(10)17/h1-7,16-17H. The number of hydrogen-bond donors (Lipinski definition) is 2. The minimum atomic E-state index is -0.566. The van der Waals surface area contributed by atoms with Crippen molar-refractivity contribution >= 4 is 10.9 Å². The number of para-hydroxylation sites is 1. The molecule has 2 N–H and O–H groups in total. The highest BCUT2D eigenvalue weighted by molar-refractivity contribution is 5.80. The van der Waals surface area contributed by atoms with Crippen LogP contribution in [-0.4, -0.2) is 15.2 Å². The van der Waals surface area contributed by atoms with Crippen molar-refractivity contribution in [3.05, 3.63) is 52.9 Å².